The number of quaternary nitrogens is 1. The van der Waals surface area contributed by atoms with Crippen LogP contribution < -0.4 is 9.64 Å². The number of likely N-dealkylation sites (N-methyl/N-ethyl adjacent to an activating group) is 1. The van der Waals surface area contributed by atoms with Crippen LogP contribution in [0, 0.1) is 0 Å². The third-order valence-electron chi connectivity index (χ3n) is 5.76. The number of ether oxygens (including phenoxy) is 1. The third kappa shape index (κ3) is 5.33. The van der Waals surface area contributed by atoms with E-state index in [4.69, 9.17) is 9.15 Å². The maximum absolute atomic E-state index is 12.8. The number of carbonyl (C=O) groups is 1. The lowest BCUT2D eigenvalue weighted by molar-refractivity contribution is -0.885. The summed E-state index contributed by atoms with van der Waals surface area (Å²) in [5, 5.41) is 0. The van der Waals surface area contributed by atoms with Crippen LogP contribution in [0.4, 0.5) is 0 Å². The number of rotatable bonds is 8. The molecule has 1 aliphatic heterocycles. The Hall–Kier alpha value is -3.12. The Morgan fingerprint density at radius 2 is 1.97 bits per heavy atom. The van der Waals surface area contributed by atoms with Crippen LogP contribution in [0.2, 0.25) is 0 Å². The SMILES string of the molecule is C=CCOc1ccc(C[NH+](C)CC(=O)N2CCC(c3nc4ccccc4o3)CC2)cc1. The molecule has 0 spiro atoms. The van der Waals surface area contributed by atoms with Crippen LogP contribution in [-0.2, 0) is 11.3 Å². The molecule has 1 N–H and O–H groups in total. The van der Waals surface area contributed by atoms with Crippen molar-refractivity contribution in [1.29, 1.82) is 0 Å². The van der Waals surface area contributed by atoms with Crippen molar-refractivity contribution in [2.24, 2.45) is 0 Å². The minimum absolute atomic E-state index is 0.208. The number of hydrogen-bond acceptors (Lipinski definition) is 4. The van der Waals surface area contributed by atoms with E-state index in [1.54, 1.807) is 6.08 Å². The second-order valence-electron chi connectivity index (χ2n) is 8.23. The molecular weight excluding hydrogens is 390 g/mol. The van der Waals surface area contributed by atoms with Gasteiger partial charge in [-0.25, -0.2) is 4.98 Å². The van der Waals surface area contributed by atoms with Crippen LogP contribution in [0.5, 0.6) is 5.75 Å². The molecule has 4 rings (SSSR count). The number of nitrogens with zero attached hydrogens (tertiary/aromatic N) is 2. The Kier molecular flexibility index (Phi) is 6.67. The smallest absolute Gasteiger partial charge is 0.277 e. The molecule has 1 saturated heterocycles. The van der Waals surface area contributed by atoms with Gasteiger partial charge in [-0.05, 0) is 49.2 Å². The van der Waals surface area contributed by atoms with Gasteiger partial charge in [0.25, 0.3) is 5.91 Å². The summed E-state index contributed by atoms with van der Waals surface area (Å²) in [6.07, 6.45) is 3.51. The lowest BCUT2D eigenvalue weighted by Crippen LogP contribution is -3.08. The zero-order chi connectivity index (χ0) is 21.6. The number of benzene rings is 2. The topological polar surface area (TPSA) is 60.0 Å². The Morgan fingerprint density at radius 1 is 1.23 bits per heavy atom. The van der Waals surface area contributed by atoms with Gasteiger partial charge in [-0.1, -0.05) is 24.8 Å². The molecule has 1 aromatic heterocycles. The highest BCUT2D eigenvalue weighted by Crippen LogP contribution is 2.29. The molecule has 0 aliphatic carbocycles. The molecule has 31 heavy (non-hydrogen) atoms. The summed E-state index contributed by atoms with van der Waals surface area (Å²) in [5.74, 6) is 2.12. The summed E-state index contributed by atoms with van der Waals surface area (Å²) in [5.41, 5.74) is 2.92. The van der Waals surface area contributed by atoms with Crippen molar-refractivity contribution < 1.29 is 18.8 Å². The predicted octanol–water partition coefficient (Wildman–Crippen LogP) is 2.81. The summed E-state index contributed by atoms with van der Waals surface area (Å²) >= 11 is 0. The number of likely N-dealkylation sites (tertiary alicyclic amines) is 1. The van der Waals surface area contributed by atoms with E-state index in [0.29, 0.717) is 13.2 Å². The Labute approximate surface area is 183 Å². The van der Waals surface area contributed by atoms with E-state index in [1.807, 2.05) is 41.3 Å². The molecule has 1 amide bonds. The minimum Gasteiger partial charge on any atom is -0.490 e. The molecular formula is C25H30N3O3+. The first-order valence-corrected chi connectivity index (χ1v) is 10.9. The number of oxazole rings is 1. The van der Waals surface area contributed by atoms with E-state index in [0.717, 1.165) is 55.2 Å². The van der Waals surface area contributed by atoms with Crippen LogP contribution in [0.1, 0.15) is 30.2 Å². The monoisotopic (exact) mass is 420 g/mol. The van der Waals surface area contributed by atoms with Crippen molar-refractivity contribution in [3.63, 3.8) is 0 Å². The molecule has 2 heterocycles. The molecule has 6 heteroatoms. The van der Waals surface area contributed by atoms with E-state index >= 15 is 0 Å². The normalized spacial score (nSPS) is 15.7. The number of para-hydroxylation sites is 2. The molecule has 2 aromatic carbocycles. The number of piperidine rings is 1. The fourth-order valence-electron chi connectivity index (χ4n) is 4.08. The molecule has 0 saturated carbocycles. The van der Waals surface area contributed by atoms with Crippen molar-refractivity contribution in [2.75, 3.05) is 33.3 Å². The zero-order valence-electron chi connectivity index (χ0n) is 18.0. The quantitative estimate of drug-likeness (QED) is 0.570. The first kappa shape index (κ1) is 21.1. The van der Waals surface area contributed by atoms with Gasteiger partial charge in [0, 0.05) is 24.6 Å². The van der Waals surface area contributed by atoms with E-state index < -0.39 is 0 Å². The molecule has 0 radical (unpaired) electrons. The van der Waals surface area contributed by atoms with E-state index in [2.05, 4.69) is 30.7 Å². The number of aromatic nitrogens is 1. The van der Waals surface area contributed by atoms with Gasteiger partial charge < -0.3 is 19.0 Å². The summed E-state index contributed by atoms with van der Waals surface area (Å²) in [4.78, 5) is 20.6. The van der Waals surface area contributed by atoms with Gasteiger partial charge >= 0.3 is 0 Å². The van der Waals surface area contributed by atoms with Crippen molar-refractivity contribution >= 4 is 17.0 Å². The van der Waals surface area contributed by atoms with Crippen LogP contribution >= 0.6 is 0 Å². The Balaban J connectivity index is 1.25. The van der Waals surface area contributed by atoms with Gasteiger partial charge in [0.15, 0.2) is 18.0 Å². The fourth-order valence-corrected chi connectivity index (χ4v) is 4.08. The van der Waals surface area contributed by atoms with Gasteiger partial charge in [-0.2, -0.15) is 0 Å². The van der Waals surface area contributed by atoms with Gasteiger partial charge in [0.1, 0.15) is 24.4 Å². The highest BCUT2D eigenvalue weighted by Gasteiger charge is 2.28. The average Bonchev–Trinajstić information content (AvgIpc) is 3.23. The average molecular weight is 421 g/mol. The first-order valence-electron chi connectivity index (χ1n) is 10.9. The maximum Gasteiger partial charge on any atom is 0.277 e. The maximum atomic E-state index is 12.8. The molecule has 6 nitrogen and oxygen atoms in total. The largest absolute Gasteiger partial charge is 0.490 e. The molecule has 1 unspecified atom stereocenters. The second-order valence-corrected chi connectivity index (χ2v) is 8.23. The van der Waals surface area contributed by atoms with E-state index in [1.165, 1.54) is 10.5 Å². The van der Waals surface area contributed by atoms with Crippen LogP contribution in [-0.4, -0.2) is 49.1 Å². The highest BCUT2D eigenvalue weighted by atomic mass is 16.5. The van der Waals surface area contributed by atoms with Gasteiger partial charge in [0.05, 0.1) is 7.05 Å². The Morgan fingerprint density at radius 3 is 2.68 bits per heavy atom. The second kappa shape index (κ2) is 9.79. The molecule has 1 atom stereocenters. The number of hydrogen-bond donors (Lipinski definition) is 1. The number of amides is 1. The van der Waals surface area contributed by atoms with Crippen molar-refractivity contribution in [3.8, 4) is 5.75 Å². The van der Waals surface area contributed by atoms with E-state index in [-0.39, 0.29) is 11.8 Å². The molecule has 1 aliphatic rings. The van der Waals surface area contributed by atoms with Crippen LogP contribution in [0.15, 0.2) is 65.6 Å². The first-order chi connectivity index (χ1) is 15.1. The fraction of sp³-hybridized carbons (Fsp3) is 0.360. The highest BCUT2D eigenvalue weighted by molar-refractivity contribution is 5.77. The van der Waals surface area contributed by atoms with Gasteiger partial charge in [-0.15, -0.1) is 0 Å². The number of carbonyl (C=O) groups excluding carboxylic acids is 1. The summed E-state index contributed by atoms with van der Waals surface area (Å²) in [6.45, 7) is 6.95. The Bertz CT molecular complexity index is 987. The summed E-state index contributed by atoms with van der Waals surface area (Å²) in [7, 11) is 2.06. The number of nitrogens with one attached hydrogen (secondary N) is 1. The lowest BCUT2D eigenvalue weighted by atomic mass is 9.97. The summed E-state index contributed by atoms with van der Waals surface area (Å²) < 4.78 is 11.5. The number of fused-ring (bicyclic) bond motifs is 1. The van der Waals surface area contributed by atoms with Crippen molar-refractivity contribution in [2.45, 2.75) is 25.3 Å². The molecule has 1 fully saturated rings. The van der Waals surface area contributed by atoms with Crippen molar-refractivity contribution in [3.05, 3.63) is 72.6 Å². The molecule has 0 bridgehead atoms. The van der Waals surface area contributed by atoms with Crippen LogP contribution in [0.3, 0.4) is 0 Å². The predicted molar refractivity (Wildman–Crippen MR) is 120 cm³/mol. The van der Waals surface area contributed by atoms with E-state index in [9.17, 15) is 4.79 Å². The third-order valence-corrected chi connectivity index (χ3v) is 5.76. The lowest BCUT2D eigenvalue weighted by Gasteiger charge is -2.31. The van der Waals surface area contributed by atoms with Gasteiger partial charge in [-0.3, -0.25) is 4.79 Å². The van der Waals surface area contributed by atoms with Gasteiger partial charge in [0.2, 0.25) is 0 Å². The standard InChI is InChI=1S/C25H29N3O3/c1-3-16-30-21-10-8-19(9-11-21)17-27(2)18-24(29)28-14-12-20(13-15-28)25-26-22-6-4-5-7-23(22)31-25/h3-11,20H,1,12-18H2,2H3/p+1. The van der Waals surface area contributed by atoms with Crippen molar-refractivity contribution in [1.82, 2.24) is 9.88 Å². The summed E-state index contributed by atoms with van der Waals surface area (Å²) in [6, 6.07) is 15.9. The molecule has 3 aromatic rings. The molecule has 162 valence electrons. The van der Waals surface area contributed by atoms with Crippen LogP contribution in [0.25, 0.3) is 11.1 Å². The minimum atomic E-state index is 0.208. The zero-order valence-corrected chi connectivity index (χ0v) is 18.0.